The van der Waals surface area contributed by atoms with E-state index in [4.69, 9.17) is 9.47 Å². The molecule has 1 amide bonds. The number of hydrogen-bond acceptors (Lipinski definition) is 6. The first-order valence-corrected chi connectivity index (χ1v) is 10.3. The van der Waals surface area contributed by atoms with Crippen molar-refractivity contribution in [2.24, 2.45) is 0 Å². The van der Waals surface area contributed by atoms with E-state index in [1.807, 2.05) is 6.92 Å². The second kappa shape index (κ2) is 11.3. The molecular weight excluding hydrogens is 394 g/mol. The fourth-order valence-corrected chi connectivity index (χ4v) is 3.68. The number of amides is 1. The van der Waals surface area contributed by atoms with E-state index in [0.717, 1.165) is 25.9 Å². The van der Waals surface area contributed by atoms with Crippen LogP contribution in [0.5, 0.6) is 11.5 Å². The SMILES string of the molecule is CCOc1ccc(S(=O)(=O)NCC(=O)NC2CCNCC2)cc1OCC.Cl. The summed E-state index contributed by atoms with van der Waals surface area (Å²) in [5.41, 5.74) is 0. The third-order valence-electron chi connectivity index (χ3n) is 3.95. The number of rotatable bonds is 9. The number of halogens is 1. The molecule has 1 aromatic carbocycles. The molecule has 0 aromatic heterocycles. The molecule has 10 heteroatoms. The molecule has 0 spiro atoms. The number of hydrogen-bond donors (Lipinski definition) is 3. The summed E-state index contributed by atoms with van der Waals surface area (Å²) in [7, 11) is -3.83. The predicted octanol–water partition coefficient (Wildman–Crippen LogP) is 1.05. The van der Waals surface area contributed by atoms with Crippen molar-refractivity contribution in [3.8, 4) is 11.5 Å². The van der Waals surface area contributed by atoms with Gasteiger partial charge < -0.3 is 20.1 Å². The highest BCUT2D eigenvalue weighted by atomic mass is 35.5. The molecule has 0 saturated carbocycles. The maximum absolute atomic E-state index is 12.5. The van der Waals surface area contributed by atoms with Gasteiger partial charge in [0, 0.05) is 12.1 Å². The van der Waals surface area contributed by atoms with Crippen LogP contribution in [0.15, 0.2) is 23.1 Å². The average Bonchev–Trinajstić information content (AvgIpc) is 2.63. The van der Waals surface area contributed by atoms with Gasteiger partial charge in [0.05, 0.1) is 24.7 Å². The molecule has 1 aromatic rings. The van der Waals surface area contributed by atoms with E-state index in [1.165, 1.54) is 12.1 Å². The highest BCUT2D eigenvalue weighted by Gasteiger charge is 2.20. The van der Waals surface area contributed by atoms with Crippen molar-refractivity contribution < 1.29 is 22.7 Å². The van der Waals surface area contributed by atoms with Gasteiger partial charge in [-0.3, -0.25) is 4.79 Å². The van der Waals surface area contributed by atoms with Crippen molar-refractivity contribution in [1.82, 2.24) is 15.4 Å². The second-order valence-corrected chi connectivity index (χ2v) is 7.66. The molecule has 3 N–H and O–H groups in total. The number of benzene rings is 1. The third-order valence-corrected chi connectivity index (χ3v) is 5.35. The van der Waals surface area contributed by atoms with Crippen molar-refractivity contribution in [2.45, 2.75) is 37.6 Å². The van der Waals surface area contributed by atoms with Crippen LogP contribution < -0.4 is 24.8 Å². The van der Waals surface area contributed by atoms with Crippen LogP contribution in [0.3, 0.4) is 0 Å². The maximum Gasteiger partial charge on any atom is 0.241 e. The van der Waals surface area contributed by atoms with Crippen LogP contribution >= 0.6 is 12.4 Å². The smallest absolute Gasteiger partial charge is 0.241 e. The summed E-state index contributed by atoms with van der Waals surface area (Å²) in [5, 5.41) is 6.06. The first-order valence-electron chi connectivity index (χ1n) is 8.85. The van der Waals surface area contributed by atoms with Crippen molar-refractivity contribution in [3.63, 3.8) is 0 Å². The summed E-state index contributed by atoms with van der Waals surface area (Å²) in [6.45, 7) is 5.87. The van der Waals surface area contributed by atoms with Crippen LogP contribution in [-0.4, -0.2) is 53.2 Å². The summed E-state index contributed by atoms with van der Waals surface area (Å²) < 4.78 is 38.1. The molecule has 0 radical (unpaired) electrons. The van der Waals surface area contributed by atoms with Gasteiger partial charge in [-0.1, -0.05) is 0 Å². The second-order valence-electron chi connectivity index (χ2n) is 5.89. The number of piperidine rings is 1. The van der Waals surface area contributed by atoms with Gasteiger partial charge >= 0.3 is 0 Å². The van der Waals surface area contributed by atoms with Crippen molar-refractivity contribution in [2.75, 3.05) is 32.8 Å². The predicted molar refractivity (Wildman–Crippen MR) is 105 cm³/mol. The Morgan fingerprint density at radius 3 is 2.41 bits per heavy atom. The zero-order valence-electron chi connectivity index (χ0n) is 15.6. The molecule has 27 heavy (non-hydrogen) atoms. The van der Waals surface area contributed by atoms with Crippen LogP contribution in [0.2, 0.25) is 0 Å². The van der Waals surface area contributed by atoms with Crippen LogP contribution in [0, 0.1) is 0 Å². The van der Waals surface area contributed by atoms with E-state index in [-0.39, 0.29) is 35.8 Å². The lowest BCUT2D eigenvalue weighted by Gasteiger charge is -2.23. The fraction of sp³-hybridized carbons (Fsp3) is 0.588. The molecule has 0 atom stereocenters. The zero-order valence-corrected chi connectivity index (χ0v) is 17.2. The Balaban J connectivity index is 0.00000364. The molecule has 154 valence electrons. The molecule has 0 bridgehead atoms. The van der Waals surface area contributed by atoms with Crippen LogP contribution in [-0.2, 0) is 14.8 Å². The number of nitrogens with one attached hydrogen (secondary N) is 3. The number of sulfonamides is 1. The van der Waals surface area contributed by atoms with Crippen LogP contribution in [0.4, 0.5) is 0 Å². The van der Waals surface area contributed by atoms with Gasteiger partial charge in [-0.2, -0.15) is 0 Å². The lowest BCUT2D eigenvalue weighted by Crippen LogP contribution is -2.46. The summed E-state index contributed by atoms with van der Waals surface area (Å²) in [5.74, 6) is 0.504. The van der Waals surface area contributed by atoms with Gasteiger partial charge in [0.25, 0.3) is 0 Å². The lowest BCUT2D eigenvalue weighted by molar-refractivity contribution is -0.120. The summed E-state index contributed by atoms with van der Waals surface area (Å²) in [6, 6.07) is 4.48. The molecule has 8 nitrogen and oxygen atoms in total. The molecule has 1 aliphatic heterocycles. The molecule has 0 aliphatic carbocycles. The molecular formula is C17H28ClN3O5S. The Kier molecular flexibility index (Phi) is 9.86. The van der Waals surface area contributed by atoms with Gasteiger partial charge in [0.15, 0.2) is 11.5 Å². The highest BCUT2D eigenvalue weighted by molar-refractivity contribution is 7.89. The van der Waals surface area contributed by atoms with Gasteiger partial charge in [0.2, 0.25) is 15.9 Å². The van der Waals surface area contributed by atoms with E-state index in [9.17, 15) is 13.2 Å². The van der Waals surface area contributed by atoms with E-state index in [2.05, 4.69) is 15.4 Å². The maximum atomic E-state index is 12.5. The topological polar surface area (TPSA) is 106 Å². The van der Waals surface area contributed by atoms with Gasteiger partial charge in [-0.25, -0.2) is 13.1 Å². The first-order chi connectivity index (χ1) is 12.5. The van der Waals surface area contributed by atoms with Crippen molar-refractivity contribution >= 4 is 28.3 Å². The zero-order chi connectivity index (χ0) is 19.0. The Hall–Kier alpha value is -1.55. The van der Waals surface area contributed by atoms with Gasteiger partial charge in [-0.05, 0) is 51.9 Å². The summed E-state index contributed by atoms with van der Waals surface area (Å²) >= 11 is 0. The lowest BCUT2D eigenvalue weighted by atomic mass is 10.1. The van der Waals surface area contributed by atoms with Crippen molar-refractivity contribution in [3.05, 3.63) is 18.2 Å². The van der Waals surface area contributed by atoms with Crippen molar-refractivity contribution in [1.29, 1.82) is 0 Å². The minimum absolute atomic E-state index is 0. The van der Waals surface area contributed by atoms with Gasteiger partial charge in [0.1, 0.15) is 0 Å². The monoisotopic (exact) mass is 421 g/mol. The Bertz CT molecular complexity index is 709. The Morgan fingerprint density at radius 1 is 1.15 bits per heavy atom. The largest absolute Gasteiger partial charge is 0.490 e. The quantitative estimate of drug-likeness (QED) is 0.550. The Labute approximate surface area is 166 Å². The number of carbonyl (C=O) groups is 1. The molecule has 1 saturated heterocycles. The van der Waals surface area contributed by atoms with Gasteiger partial charge in [-0.15, -0.1) is 12.4 Å². The number of ether oxygens (including phenoxy) is 2. The van der Waals surface area contributed by atoms with E-state index in [1.54, 1.807) is 13.0 Å². The molecule has 1 fully saturated rings. The highest BCUT2D eigenvalue weighted by Crippen LogP contribution is 2.30. The van der Waals surface area contributed by atoms with E-state index < -0.39 is 10.0 Å². The number of carbonyl (C=O) groups excluding carboxylic acids is 1. The summed E-state index contributed by atoms with van der Waals surface area (Å²) in [6.07, 6.45) is 1.68. The minimum Gasteiger partial charge on any atom is -0.490 e. The van der Waals surface area contributed by atoms with E-state index in [0.29, 0.717) is 24.7 Å². The third kappa shape index (κ3) is 7.17. The fourth-order valence-electron chi connectivity index (χ4n) is 2.69. The average molecular weight is 422 g/mol. The minimum atomic E-state index is -3.83. The summed E-state index contributed by atoms with van der Waals surface area (Å²) in [4.78, 5) is 12.0. The normalized spacial score (nSPS) is 14.9. The standard InChI is InChI=1S/C17H27N3O5S.ClH/c1-3-24-15-6-5-14(11-16(15)25-4-2)26(22,23)19-12-17(21)20-13-7-9-18-10-8-13;/h5-6,11,13,18-19H,3-4,7-10,12H2,1-2H3,(H,20,21);1H. The van der Waals surface area contributed by atoms with Crippen LogP contribution in [0.1, 0.15) is 26.7 Å². The van der Waals surface area contributed by atoms with Crippen LogP contribution in [0.25, 0.3) is 0 Å². The first kappa shape index (κ1) is 23.5. The molecule has 2 rings (SSSR count). The molecule has 0 unspecified atom stereocenters. The molecule has 1 heterocycles. The molecule has 1 aliphatic rings. The Morgan fingerprint density at radius 2 is 1.78 bits per heavy atom. The van der Waals surface area contributed by atoms with E-state index >= 15 is 0 Å².